The van der Waals surface area contributed by atoms with Gasteiger partial charge >= 0.3 is 0 Å². The first-order chi connectivity index (χ1) is 9.88. The van der Waals surface area contributed by atoms with E-state index in [0.717, 1.165) is 36.4 Å². The summed E-state index contributed by atoms with van der Waals surface area (Å²) in [6.45, 7) is 2.96. The number of rotatable bonds is 6. The van der Waals surface area contributed by atoms with Crippen LogP contribution in [0.1, 0.15) is 31.1 Å². The van der Waals surface area contributed by atoms with Gasteiger partial charge in [0.2, 0.25) is 0 Å². The van der Waals surface area contributed by atoms with Crippen LogP contribution in [0.3, 0.4) is 0 Å². The van der Waals surface area contributed by atoms with Gasteiger partial charge in [-0.25, -0.2) is 0 Å². The third-order valence-corrected chi connectivity index (χ3v) is 3.51. The number of H-pyrrole nitrogens is 1. The molecule has 20 heavy (non-hydrogen) atoms. The molecule has 0 fully saturated rings. The normalized spacial score (nSPS) is 11.1. The lowest BCUT2D eigenvalue weighted by Crippen LogP contribution is -2.00. The smallest absolute Gasteiger partial charge is 0.134 e. The Balaban J connectivity index is 1.89. The quantitative estimate of drug-likeness (QED) is 0.708. The van der Waals surface area contributed by atoms with Gasteiger partial charge in [-0.2, -0.15) is 5.10 Å². The maximum absolute atomic E-state index is 6.01. The molecule has 104 valence electrons. The number of benzene rings is 1. The lowest BCUT2D eigenvalue weighted by molar-refractivity contribution is 0.531. The van der Waals surface area contributed by atoms with Gasteiger partial charge in [0.1, 0.15) is 11.3 Å². The van der Waals surface area contributed by atoms with Crippen LogP contribution in [0.4, 0.5) is 5.69 Å². The number of unbranched alkanes of at least 4 members (excludes halogenated alkanes) is 1. The molecule has 2 N–H and O–H groups in total. The maximum atomic E-state index is 6.01. The van der Waals surface area contributed by atoms with Gasteiger partial charge in [0.25, 0.3) is 0 Å². The minimum Gasteiger partial charge on any atom is -0.461 e. The van der Waals surface area contributed by atoms with Crippen molar-refractivity contribution in [2.45, 2.75) is 32.7 Å². The number of aromatic amines is 1. The van der Waals surface area contributed by atoms with Gasteiger partial charge in [-0.3, -0.25) is 5.10 Å². The molecule has 4 heteroatoms. The van der Waals surface area contributed by atoms with Crippen molar-refractivity contribution in [2.75, 3.05) is 5.32 Å². The number of aromatic nitrogens is 2. The molecule has 1 aromatic carbocycles. The summed E-state index contributed by atoms with van der Waals surface area (Å²) < 4.78 is 6.01. The standard InChI is InChI=1S/C16H19N3O/c1-2-3-7-16-14(11-17-12-9-18-19-10-12)13-6-4-5-8-15(13)20-16/h4-6,8-10,17H,2-3,7,11H2,1H3,(H,18,19). The fourth-order valence-corrected chi connectivity index (χ4v) is 2.42. The zero-order valence-corrected chi connectivity index (χ0v) is 11.6. The van der Waals surface area contributed by atoms with Crippen LogP contribution in [0.2, 0.25) is 0 Å². The van der Waals surface area contributed by atoms with Crippen molar-refractivity contribution in [3.63, 3.8) is 0 Å². The molecule has 0 unspecified atom stereocenters. The Morgan fingerprint density at radius 1 is 1.30 bits per heavy atom. The molecule has 0 spiro atoms. The molecule has 0 saturated carbocycles. The second-order valence-corrected chi connectivity index (χ2v) is 4.94. The molecule has 0 amide bonds. The first kappa shape index (κ1) is 12.8. The van der Waals surface area contributed by atoms with Crippen molar-refractivity contribution in [3.8, 4) is 0 Å². The van der Waals surface area contributed by atoms with Crippen molar-refractivity contribution < 1.29 is 4.42 Å². The monoisotopic (exact) mass is 269 g/mol. The van der Waals surface area contributed by atoms with Gasteiger partial charge in [-0.1, -0.05) is 31.5 Å². The Morgan fingerprint density at radius 3 is 3.00 bits per heavy atom. The van der Waals surface area contributed by atoms with Gasteiger partial charge in [0.15, 0.2) is 0 Å². The van der Waals surface area contributed by atoms with E-state index in [0.29, 0.717) is 0 Å². The Bertz CT molecular complexity index is 670. The van der Waals surface area contributed by atoms with Crippen molar-refractivity contribution in [2.24, 2.45) is 0 Å². The van der Waals surface area contributed by atoms with Crippen molar-refractivity contribution in [3.05, 3.63) is 48.0 Å². The predicted molar refractivity (Wildman–Crippen MR) is 80.7 cm³/mol. The highest BCUT2D eigenvalue weighted by atomic mass is 16.3. The van der Waals surface area contributed by atoms with Crippen LogP contribution in [0.15, 0.2) is 41.1 Å². The number of anilines is 1. The Hall–Kier alpha value is -2.23. The highest BCUT2D eigenvalue weighted by Crippen LogP contribution is 2.27. The molecule has 0 atom stereocenters. The van der Waals surface area contributed by atoms with E-state index in [1.54, 1.807) is 6.20 Å². The zero-order valence-electron chi connectivity index (χ0n) is 11.6. The number of hydrogen-bond donors (Lipinski definition) is 2. The third-order valence-electron chi connectivity index (χ3n) is 3.51. The largest absolute Gasteiger partial charge is 0.461 e. The summed E-state index contributed by atoms with van der Waals surface area (Å²) in [7, 11) is 0. The number of nitrogens with one attached hydrogen (secondary N) is 2. The molecule has 0 aliphatic heterocycles. The van der Waals surface area contributed by atoms with Gasteiger partial charge in [-0.15, -0.1) is 0 Å². The van der Waals surface area contributed by atoms with Crippen LogP contribution in [0, 0.1) is 0 Å². The first-order valence-electron chi connectivity index (χ1n) is 7.10. The summed E-state index contributed by atoms with van der Waals surface area (Å²) >= 11 is 0. The molecule has 2 heterocycles. The second-order valence-electron chi connectivity index (χ2n) is 4.94. The van der Waals surface area contributed by atoms with Crippen molar-refractivity contribution in [1.29, 1.82) is 0 Å². The van der Waals surface area contributed by atoms with E-state index in [1.807, 2.05) is 18.3 Å². The average Bonchev–Trinajstić information content (AvgIpc) is 3.10. The first-order valence-corrected chi connectivity index (χ1v) is 7.10. The van der Waals surface area contributed by atoms with E-state index in [2.05, 4.69) is 34.6 Å². The van der Waals surface area contributed by atoms with Crippen LogP contribution < -0.4 is 5.32 Å². The molecule has 0 bridgehead atoms. The predicted octanol–water partition coefficient (Wildman–Crippen LogP) is 4.11. The molecule has 2 aromatic heterocycles. The van der Waals surface area contributed by atoms with Gasteiger partial charge in [-0.05, 0) is 12.5 Å². The number of nitrogens with zero attached hydrogens (tertiary/aromatic N) is 1. The molecule has 3 aromatic rings. The zero-order chi connectivity index (χ0) is 13.8. The topological polar surface area (TPSA) is 53.9 Å². The average molecular weight is 269 g/mol. The highest BCUT2D eigenvalue weighted by Gasteiger charge is 2.13. The van der Waals surface area contributed by atoms with Crippen LogP contribution in [0.5, 0.6) is 0 Å². The Labute approximate surface area is 118 Å². The molecule has 4 nitrogen and oxygen atoms in total. The highest BCUT2D eigenvalue weighted by molar-refractivity contribution is 5.82. The third kappa shape index (κ3) is 2.54. The maximum Gasteiger partial charge on any atom is 0.134 e. The molecular weight excluding hydrogens is 250 g/mol. The summed E-state index contributed by atoms with van der Waals surface area (Å²) in [4.78, 5) is 0. The molecule has 0 aliphatic rings. The summed E-state index contributed by atoms with van der Waals surface area (Å²) in [6.07, 6.45) is 6.96. The fourth-order valence-electron chi connectivity index (χ4n) is 2.42. The molecule has 0 aliphatic carbocycles. The van der Waals surface area contributed by atoms with Crippen LogP contribution in [-0.2, 0) is 13.0 Å². The summed E-state index contributed by atoms with van der Waals surface area (Å²) in [5.74, 6) is 1.10. The van der Waals surface area contributed by atoms with E-state index < -0.39 is 0 Å². The SMILES string of the molecule is CCCCc1oc2ccccc2c1CNc1cn[nH]c1. The minimum absolute atomic E-state index is 0.760. The van der Waals surface area contributed by atoms with Crippen LogP contribution >= 0.6 is 0 Å². The molecule has 0 saturated heterocycles. The molecule has 3 rings (SSSR count). The Morgan fingerprint density at radius 2 is 2.20 bits per heavy atom. The van der Waals surface area contributed by atoms with E-state index in [1.165, 1.54) is 17.4 Å². The van der Waals surface area contributed by atoms with Gasteiger partial charge < -0.3 is 9.73 Å². The number of para-hydroxylation sites is 1. The summed E-state index contributed by atoms with van der Waals surface area (Å²) in [6, 6.07) is 8.23. The lowest BCUT2D eigenvalue weighted by Gasteiger charge is -2.04. The van der Waals surface area contributed by atoms with Gasteiger partial charge in [0, 0.05) is 30.1 Å². The number of furan rings is 1. The lowest BCUT2D eigenvalue weighted by atomic mass is 10.1. The number of fused-ring (bicyclic) bond motifs is 1. The fraction of sp³-hybridized carbons (Fsp3) is 0.312. The van der Waals surface area contributed by atoms with E-state index in [4.69, 9.17) is 4.42 Å². The van der Waals surface area contributed by atoms with Crippen LogP contribution in [-0.4, -0.2) is 10.2 Å². The second kappa shape index (κ2) is 5.82. The van der Waals surface area contributed by atoms with E-state index in [9.17, 15) is 0 Å². The van der Waals surface area contributed by atoms with Crippen molar-refractivity contribution >= 4 is 16.7 Å². The van der Waals surface area contributed by atoms with Crippen LogP contribution in [0.25, 0.3) is 11.0 Å². The van der Waals surface area contributed by atoms with E-state index >= 15 is 0 Å². The minimum atomic E-state index is 0.760. The van der Waals surface area contributed by atoms with E-state index in [-0.39, 0.29) is 0 Å². The molecular formula is C16H19N3O. The summed E-state index contributed by atoms with van der Waals surface area (Å²) in [5.41, 5.74) is 3.23. The van der Waals surface area contributed by atoms with Crippen molar-refractivity contribution in [1.82, 2.24) is 10.2 Å². The number of aryl methyl sites for hydroxylation is 1. The Kier molecular flexibility index (Phi) is 3.72. The number of hydrogen-bond acceptors (Lipinski definition) is 3. The summed E-state index contributed by atoms with van der Waals surface area (Å²) in [5, 5.41) is 11.3. The molecule has 0 radical (unpaired) electrons. The van der Waals surface area contributed by atoms with Gasteiger partial charge in [0.05, 0.1) is 11.9 Å².